The molecule has 3 heterocycles. The molecule has 1 fully saturated rings. The molecule has 23 heavy (non-hydrogen) atoms. The first kappa shape index (κ1) is 15.9. The van der Waals surface area contributed by atoms with Gasteiger partial charge >= 0.3 is 0 Å². The average molecular weight is 338 g/mol. The normalized spacial score (nSPS) is 18.7. The minimum atomic E-state index is -0.640. The van der Waals surface area contributed by atoms with Crippen molar-refractivity contribution in [2.45, 2.75) is 25.3 Å². The molecular weight excluding hydrogens is 321 g/mol. The van der Waals surface area contributed by atoms with Crippen molar-refractivity contribution in [1.29, 1.82) is 0 Å². The number of halogens is 2. The molecular formula is C15H17ClFN5O. The second-order valence-electron chi connectivity index (χ2n) is 5.62. The van der Waals surface area contributed by atoms with Gasteiger partial charge in [0.15, 0.2) is 5.82 Å². The van der Waals surface area contributed by atoms with E-state index in [-0.39, 0.29) is 16.9 Å². The molecule has 0 bridgehead atoms. The fourth-order valence-corrected chi connectivity index (χ4v) is 2.92. The average Bonchev–Trinajstić information content (AvgIpc) is 2.74. The van der Waals surface area contributed by atoms with Crippen molar-refractivity contribution < 1.29 is 4.39 Å². The van der Waals surface area contributed by atoms with Crippen molar-refractivity contribution in [1.82, 2.24) is 15.0 Å². The van der Waals surface area contributed by atoms with E-state index in [2.05, 4.69) is 15.0 Å². The number of hydrogen-bond donors (Lipinski definition) is 2. The molecule has 0 spiro atoms. The Morgan fingerprint density at radius 1 is 1.43 bits per heavy atom. The lowest BCUT2D eigenvalue weighted by atomic mass is 10.2. The maximum atomic E-state index is 13.3. The van der Waals surface area contributed by atoms with Crippen LogP contribution in [0.1, 0.15) is 19.3 Å². The molecule has 1 atom stereocenters. The van der Waals surface area contributed by atoms with Crippen LogP contribution in [0.3, 0.4) is 0 Å². The van der Waals surface area contributed by atoms with Gasteiger partial charge in [-0.15, -0.1) is 0 Å². The van der Waals surface area contributed by atoms with Crippen LogP contribution >= 0.6 is 11.6 Å². The Hall–Kier alpha value is -1.99. The van der Waals surface area contributed by atoms with Crippen molar-refractivity contribution in [3.63, 3.8) is 0 Å². The minimum Gasteiger partial charge on any atom is -0.354 e. The molecule has 1 aliphatic rings. The second kappa shape index (κ2) is 6.64. The van der Waals surface area contributed by atoms with Gasteiger partial charge in [-0.2, -0.15) is 4.39 Å². The maximum Gasteiger partial charge on any atom is 0.272 e. The number of nitrogens with zero attached hydrogens (tertiary/aromatic N) is 3. The van der Waals surface area contributed by atoms with Crippen molar-refractivity contribution in [3.05, 3.63) is 39.7 Å². The first-order valence-corrected chi connectivity index (χ1v) is 7.84. The number of pyridine rings is 1. The van der Waals surface area contributed by atoms with E-state index in [1.807, 2.05) is 4.90 Å². The molecule has 122 valence electrons. The Morgan fingerprint density at radius 3 is 3.04 bits per heavy atom. The van der Waals surface area contributed by atoms with E-state index < -0.39 is 11.5 Å². The molecule has 0 aliphatic carbocycles. The topological polar surface area (TPSA) is 87.9 Å². The van der Waals surface area contributed by atoms with Gasteiger partial charge in [-0.05, 0) is 18.9 Å². The Kier molecular flexibility index (Phi) is 4.58. The number of aromatic nitrogens is 3. The van der Waals surface area contributed by atoms with Crippen LogP contribution in [-0.4, -0.2) is 34.1 Å². The van der Waals surface area contributed by atoms with Gasteiger partial charge in [0.25, 0.3) is 5.56 Å². The first-order valence-electron chi connectivity index (χ1n) is 7.47. The van der Waals surface area contributed by atoms with E-state index in [9.17, 15) is 9.18 Å². The van der Waals surface area contributed by atoms with Gasteiger partial charge in [-0.3, -0.25) is 4.79 Å². The molecule has 3 rings (SSSR count). The molecule has 1 aliphatic heterocycles. The van der Waals surface area contributed by atoms with Crippen LogP contribution < -0.4 is 16.2 Å². The predicted molar refractivity (Wildman–Crippen MR) is 87.1 cm³/mol. The molecule has 0 radical (unpaired) electrons. The summed E-state index contributed by atoms with van der Waals surface area (Å²) in [6, 6.07) is 2.80. The summed E-state index contributed by atoms with van der Waals surface area (Å²) in [5.41, 5.74) is 6.04. The van der Waals surface area contributed by atoms with Crippen LogP contribution in [0.15, 0.2) is 23.1 Å². The van der Waals surface area contributed by atoms with Crippen LogP contribution in [-0.2, 0) is 0 Å². The van der Waals surface area contributed by atoms with Crippen molar-refractivity contribution in [2.75, 3.05) is 18.0 Å². The lowest BCUT2D eigenvalue weighted by Crippen LogP contribution is -2.37. The van der Waals surface area contributed by atoms with E-state index in [1.54, 1.807) is 6.07 Å². The van der Waals surface area contributed by atoms with E-state index in [0.717, 1.165) is 25.8 Å². The van der Waals surface area contributed by atoms with Crippen LogP contribution in [0.25, 0.3) is 11.4 Å². The first-order chi connectivity index (χ1) is 11.0. The van der Waals surface area contributed by atoms with E-state index in [1.165, 1.54) is 12.3 Å². The predicted octanol–water partition coefficient (Wildman–Crippen LogP) is 1.94. The van der Waals surface area contributed by atoms with Gasteiger partial charge in [0.05, 0.1) is 0 Å². The standard InChI is InChI=1S/C15H17ClFN5O/c16-12-14(22-6-2-1-3-10(18)8-22)20-13(21-15(12)23)9-4-5-19-11(17)7-9/h4-5,7,10H,1-3,6,8,18H2,(H,20,21,23)/t10-/m0/s1. The molecule has 3 N–H and O–H groups in total. The molecule has 2 aromatic heterocycles. The summed E-state index contributed by atoms with van der Waals surface area (Å²) in [7, 11) is 0. The van der Waals surface area contributed by atoms with Gasteiger partial charge in [0, 0.05) is 37.0 Å². The number of aromatic amines is 1. The third-order valence-corrected chi connectivity index (χ3v) is 4.19. The monoisotopic (exact) mass is 337 g/mol. The molecule has 8 heteroatoms. The number of anilines is 1. The zero-order valence-corrected chi connectivity index (χ0v) is 13.2. The summed E-state index contributed by atoms with van der Waals surface area (Å²) in [6.45, 7) is 1.31. The molecule has 1 saturated heterocycles. The van der Waals surface area contributed by atoms with Crippen LogP contribution in [0.2, 0.25) is 5.02 Å². The van der Waals surface area contributed by atoms with Crippen LogP contribution in [0.4, 0.5) is 10.2 Å². The van der Waals surface area contributed by atoms with Gasteiger partial charge in [-0.1, -0.05) is 18.0 Å². The molecule has 0 saturated carbocycles. The quantitative estimate of drug-likeness (QED) is 0.818. The minimum absolute atomic E-state index is 0.0106. The largest absolute Gasteiger partial charge is 0.354 e. The molecule has 0 unspecified atom stereocenters. The highest BCUT2D eigenvalue weighted by molar-refractivity contribution is 6.32. The second-order valence-corrected chi connectivity index (χ2v) is 6.00. The maximum absolute atomic E-state index is 13.3. The van der Waals surface area contributed by atoms with Crippen molar-refractivity contribution in [3.8, 4) is 11.4 Å². The zero-order valence-electron chi connectivity index (χ0n) is 12.4. The molecule has 6 nitrogen and oxygen atoms in total. The molecule has 0 aromatic carbocycles. The highest BCUT2D eigenvalue weighted by Crippen LogP contribution is 2.25. The van der Waals surface area contributed by atoms with Crippen molar-refractivity contribution >= 4 is 17.4 Å². The Morgan fingerprint density at radius 2 is 2.26 bits per heavy atom. The number of nitrogens with one attached hydrogen (secondary N) is 1. The Labute approximate surface area is 137 Å². The fraction of sp³-hybridized carbons (Fsp3) is 0.400. The van der Waals surface area contributed by atoms with Gasteiger partial charge in [0.1, 0.15) is 10.8 Å². The summed E-state index contributed by atoms with van der Waals surface area (Å²) in [5, 5.41) is 0.0254. The summed E-state index contributed by atoms with van der Waals surface area (Å²) >= 11 is 6.14. The summed E-state index contributed by atoms with van der Waals surface area (Å²) in [5.74, 6) is 0.00643. The highest BCUT2D eigenvalue weighted by Gasteiger charge is 2.21. The van der Waals surface area contributed by atoms with Crippen LogP contribution in [0.5, 0.6) is 0 Å². The van der Waals surface area contributed by atoms with E-state index in [0.29, 0.717) is 17.9 Å². The molecule has 2 aromatic rings. The molecule has 0 amide bonds. The number of hydrogen-bond acceptors (Lipinski definition) is 5. The number of rotatable bonds is 2. The Balaban J connectivity index is 2.05. The lowest BCUT2D eigenvalue weighted by Gasteiger charge is -2.24. The smallest absolute Gasteiger partial charge is 0.272 e. The fourth-order valence-electron chi connectivity index (χ4n) is 2.71. The van der Waals surface area contributed by atoms with E-state index >= 15 is 0 Å². The SMILES string of the molecule is N[C@H]1CCCCN(c2nc(-c3ccnc(F)c3)[nH]c(=O)c2Cl)C1. The lowest BCUT2D eigenvalue weighted by molar-refractivity contribution is 0.584. The number of nitrogens with two attached hydrogens (primary N) is 1. The van der Waals surface area contributed by atoms with Gasteiger partial charge < -0.3 is 15.6 Å². The zero-order chi connectivity index (χ0) is 16.4. The summed E-state index contributed by atoms with van der Waals surface area (Å²) < 4.78 is 13.3. The third kappa shape index (κ3) is 3.51. The Bertz CT molecular complexity index is 766. The number of H-pyrrole nitrogens is 1. The highest BCUT2D eigenvalue weighted by atomic mass is 35.5. The van der Waals surface area contributed by atoms with Gasteiger partial charge in [-0.25, -0.2) is 9.97 Å². The van der Waals surface area contributed by atoms with Crippen LogP contribution in [0, 0.1) is 5.95 Å². The summed E-state index contributed by atoms with van der Waals surface area (Å²) in [4.78, 5) is 24.6. The third-order valence-electron chi connectivity index (χ3n) is 3.85. The van der Waals surface area contributed by atoms with E-state index in [4.69, 9.17) is 17.3 Å². The van der Waals surface area contributed by atoms with Gasteiger partial charge in [0.2, 0.25) is 5.95 Å². The van der Waals surface area contributed by atoms with Crippen molar-refractivity contribution in [2.24, 2.45) is 5.73 Å². The summed E-state index contributed by atoms with van der Waals surface area (Å²) in [6.07, 6.45) is 4.24.